The van der Waals surface area contributed by atoms with Gasteiger partial charge in [0.1, 0.15) is 5.82 Å². The van der Waals surface area contributed by atoms with Gasteiger partial charge >= 0.3 is 0 Å². The Kier molecular flexibility index (Phi) is 5.11. The molecule has 5 heteroatoms. The smallest absolute Gasteiger partial charge is 0.161 e. The highest BCUT2D eigenvalue weighted by Gasteiger charge is 2.07. The van der Waals surface area contributed by atoms with E-state index in [9.17, 15) is 0 Å². The van der Waals surface area contributed by atoms with E-state index < -0.39 is 0 Å². The Balaban J connectivity index is 1.85. The minimum absolute atomic E-state index is 0.724. The van der Waals surface area contributed by atoms with E-state index in [0.29, 0.717) is 0 Å². The van der Waals surface area contributed by atoms with E-state index in [1.54, 1.807) is 12.4 Å². The van der Waals surface area contributed by atoms with Gasteiger partial charge in [-0.3, -0.25) is 9.97 Å². The van der Waals surface area contributed by atoms with Crippen LogP contribution in [0.2, 0.25) is 0 Å². The number of hydrogen-bond donors (Lipinski definition) is 1. The van der Waals surface area contributed by atoms with Gasteiger partial charge in [-0.25, -0.2) is 9.97 Å². The Labute approximate surface area is 142 Å². The Morgan fingerprint density at radius 1 is 0.875 bits per heavy atom. The molecule has 0 fully saturated rings. The van der Waals surface area contributed by atoms with Crippen molar-refractivity contribution >= 4 is 5.82 Å². The first-order valence-corrected chi connectivity index (χ1v) is 8.24. The summed E-state index contributed by atoms with van der Waals surface area (Å²) in [6.45, 7) is 4.96. The van der Waals surface area contributed by atoms with Crippen LogP contribution in [0.15, 0.2) is 49.1 Å². The fourth-order valence-corrected chi connectivity index (χ4v) is 2.53. The van der Waals surface area contributed by atoms with Crippen LogP contribution < -0.4 is 5.32 Å². The van der Waals surface area contributed by atoms with Gasteiger partial charge in [-0.2, -0.15) is 0 Å². The third kappa shape index (κ3) is 3.74. The van der Waals surface area contributed by atoms with E-state index >= 15 is 0 Å². The second-order valence-electron chi connectivity index (χ2n) is 5.51. The summed E-state index contributed by atoms with van der Waals surface area (Å²) in [5.41, 5.74) is 4.49. The predicted octanol–water partition coefficient (Wildman–Crippen LogP) is 3.67. The molecule has 1 N–H and O–H groups in total. The number of nitrogens with one attached hydrogen (secondary N) is 1. The van der Waals surface area contributed by atoms with Gasteiger partial charge in [0.15, 0.2) is 5.82 Å². The van der Waals surface area contributed by atoms with Crippen LogP contribution in [0, 0.1) is 0 Å². The molecule has 24 heavy (non-hydrogen) atoms. The number of aromatic nitrogens is 4. The third-order valence-electron chi connectivity index (χ3n) is 3.93. The van der Waals surface area contributed by atoms with Crippen molar-refractivity contribution < 1.29 is 0 Å². The van der Waals surface area contributed by atoms with E-state index in [-0.39, 0.29) is 0 Å². The van der Waals surface area contributed by atoms with Crippen LogP contribution in [-0.2, 0) is 19.4 Å². The van der Waals surface area contributed by atoms with Crippen LogP contribution in [0.3, 0.4) is 0 Å². The normalized spacial score (nSPS) is 10.6. The van der Waals surface area contributed by atoms with Crippen LogP contribution in [0.25, 0.3) is 11.4 Å². The summed E-state index contributed by atoms with van der Waals surface area (Å²) < 4.78 is 0. The van der Waals surface area contributed by atoms with Gasteiger partial charge in [0.05, 0.1) is 0 Å². The van der Waals surface area contributed by atoms with Crippen molar-refractivity contribution in [1.29, 1.82) is 0 Å². The van der Waals surface area contributed by atoms with Crippen molar-refractivity contribution in [2.45, 2.75) is 33.2 Å². The highest BCUT2D eigenvalue weighted by molar-refractivity contribution is 5.56. The van der Waals surface area contributed by atoms with Gasteiger partial charge in [-0.15, -0.1) is 0 Å². The Morgan fingerprint density at radius 3 is 2.42 bits per heavy atom. The zero-order valence-corrected chi connectivity index (χ0v) is 14.0. The highest BCUT2D eigenvalue weighted by Crippen LogP contribution is 2.18. The summed E-state index contributed by atoms with van der Waals surface area (Å²) >= 11 is 0. The Hall–Kier alpha value is -2.82. The lowest BCUT2D eigenvalue weighted by atomic mass is 10.1. The second-order valence-corrected chi connectivity index (χ2v) is 5.51. The van der Waals surface area contributed by atoms with Crippen LogP contribution in [-0.4, -0.2) is 19.9 Å². The van der Waals surface area contributed by atoms with E-state index in [2.05, 4.69) is 45.2 Å². The van der Waals surface area contributed by atoms with Gasteiger partial charge < -0.3 is 5.32 Å². The zero-order valence-electron chi connectivity index (χ0n) is 14.0. The third-order valence-corrected chi connectivity index (χ3v) is 3.93. The van der Waals surface area contributed by atoms with Gasteiger partial charge in [0, 0.05) is 48.7 Å². The molecule has 0 spiro atoms. The molecule has 0 bridgehead atoms. The van der Waals surface area contributed by atoms with Crippen LogP contribution in [0.4, 0.5) is 5.82 Å². The molecule has 0 aliphatic rings. The van der Waals surface area contributed by atoms with E-state index in [1.165, 1.54) is 11.1 Å². The fourth-order valence-electron chi connectivity index (χ4n) is 2.53. The second kappa shape index (κ2) is 7.64. The molecule has 122 valence electrons. The van der Waals surface area contributed by atoms with Gasteiger partial charge in [0.25, 0.3) is 0 Å². The van der Waals surface area contributed by atoms with Gasteiger partial charge in [-0.1, -0.05) is 13.8 Å². The van der Waals surface area contributed by atoms with Gasteiger partial charge in [0.2, 0.25) is 0 Å². The Morgan fingerprint density at radius 2 is 1.67 bits per heavy atom. The number of anilines is 1. The van der Waals surface area contributed by atoms with Crippen molar-refractivity contribution in [3.8, 4) is 11.4 Å². The minimum atomic E-state index is 0.724. The summed E-state index contributed by atoms with van der Waals surface area (Å²) in [4.78, 5) is 17.5. The maximum Gasteiger partial charge on any atom is 0.161 e. The fraction of sp³-hybridized carbons (Fsp3) is 0.263. The quantitative estimate of drug-likeness (QED) is 0.751. The molecule has 0 aliphatic heterocycles. The molecule has 3 aromatic heterocycles. The van der Waals surface area contributed by atoms with E-state index in [1.807, 2.05) is 30.6 Å². The molecule has 0 atom stereocenters. The number of rotatable bonds is 6. The van der Waals surface area contributed by atoms with Crippen molar-refractivity contribution in [3.63, 3.8) is 0 Å². The van der Waals surface area contributed by atoms with Crippen LogP contribution in [0.5, 0.6) is 0 Å². The number of aryl methyl sites for hydroxylation is 2. The number of pyridine rings is 2. The zero-order chi connectivity index (χ0) is 16.8. The summed E-state index contributed by atoms with van der Waals surface area (Å²) in [7, 11) is 0. The maximum absolute atomic E-state index is 4.66. The lowest BCUT2D eigenvalue weighted by Gasteiger charge is -2.11. The molecule has 0 saturated heterocycles. The largest absolute Gasteiger partial charge is 0.366 e. The van der Waals surface area contributed by atoms with E-state index in [0.717, 1.165) is 42.3 Å². The molecule has 0 amide bonds. The Bertz CT molecular complexity index is 802. The summed E-state index contributed by atoms with van der Waals surface area (Å²) in [6.07, 6.45) is 9.11. The van der Waals surface area contributed by atoms with Crippen LogP contribution in [0.1, 0.15) is 30.7 Å². The lowest BCUT2D eigenvalue weighted by Crippen LogP contribution is -2.06. The average molecular weight is 319 g/mol. The van der Waals surface area contributed by atoms with Gasteiger partial charge in [-0.05, 0) is 42.2 Å². The molecule has 3 rings (SSSR count). The van der Waals surface area contributed by atoms with Crippen LogP contribution >= 0.6 is 0 Å². The summed E-state index contributed by atoms with van der Waals surface area (Å²) in [5, 5.41) is 3.43. The molecule has 0 saturated carbocycles. The molecular formula is C19H21N5. The molecule has 0 unspecified atom stereocenters. The molecular weight excluding hydrogens is 298 g/mol. The first-order chi connectivity index (χ1) is 11.8. The molecule has 0 aromatic carbocycles. The number of nitrogens with zero attached hydrogens (tertiary/aromatic N) is 4. The first-order valence-electron chi connectivity index (χ1n) is 8.24. The summed E-state index contributed by atoms with van der Waals surface area (Å²) in [6, 6.07) is 7.92. The maximum atomic E-state index is 4.66. The molecule has 3 heterocycles. The van der Waals surface area contributed by atoms with Crippen molar-refractivity contribution in [3.05, 3.63) is 65.9 Å². The number of hydrogen-bond acceptors (Lipinski definition) is 5. The molecule has 0 radical (unpaired) electrons. The highest BCUT2D eigenvalue weighted by atomic mass is 15.0. The molecule has 5 nitrogen and oxygen atoms in total. The molecule has 3 aromatic rings. The monoisotopic (exact) mass is 319 g/mol. The standard InChI is InChI=1S/C19H21N5/c1-3-14-12-21-10-7-16(14)13-22-18-11-17(4-2)23-19(24-18)15-5-8-20-9-6-15/h5-12H,3-4,13H2,1-2H3,(H,22,23,24). The minimum Gasteiger partial charge on any atom is -0.366 e. The SMILES string of the molecule is CCc1cc(NCc2ccncc2CC)nc(-c2ccncc2)n1. The summed E-state index contributed by atoms with van der Waals surface area (Å²) in [5.74, 6) is 1.57. The predicted molar refractivity (Wildman–Crippen MR) is 95.6 cm³/mol. The van der Waals surface area contributed by atoms with Crippen molar-refractivity contribution in [2.24, 2.45) is 0 Å². The average Bonchev–Trinajstić information content (AvgIpc) is 2.67. The van der Waals surface area contributed by atoms with Crippen molar-refractivity contribution in [1.82, 2.24) is 19.9 Å². The van der Waals surface area contributed by atoms with Crippen molar-refractivity contribution in [2.75, 3.05) is 5.32 Å². The lowest BCUT2D eigenvalue weighted by molar-refractivity contribution is 0.978. The topological polar surface area (TPSA) is 63.6 Å². The van der Waals surface area contributed by atoms with E-state index in [4.69, 9.17) is 0 Å². The first kappa shape index (κ1) is 16.1. The molecule has 0 aliphatic carbocycles.